The van der Waals surface area contributed by atoms with Gasteiger partial charge in [-0.25, -0.2) is 4.79 Å². The van der Waals surface area contributed by atoms with Crippen LogP contribution in [0.1, 0.15) is 25.8 Å². The number of likely N-dealkylation sites (tertiary alicyclic amines) is 1. The summed E-state index contributed by atoms with van der Waals surface area (Å²) < 4.78 is 11.4. The summed E-state index contributed by atoms with van der Waals surface area (Å²) in [7, 11) is -0.922. The summed E-state index contributed by atoms with van der Waals surface area (Å²) in [5.41, 5.74) is 1.69. The minimum Gasteiger partial charge on any atom is -0.324 e. The first-order valence-electron chi connectivity index (χ1n) is 7.41. The number of hydrogen-bond acceptors (Lipinski definition) is 2. The van der Waals surface area contributed by atoms with Gasteiger partial charge < -0.3 is 10.2 Å². The number of amides is 2. The fourth-order valence-corrected chi connectivity index (χ4v) is 3.32. The van der Waals surface area contributed by atoms with Crippen molar-refractivity contribution < 1.29 is 9.00 Å². The molecule has 116 valence electrons. The second-order valence-electron chi connectivity index (χ2n) is 5.99. The zero-order chi connectivity index (χ0) is 15.4. The molecule has 1 aliphatic rings. The number of rotatable bonds is 3. The van der Waals surface area contributed by atoms with Crippen LogP contribution in [0.4, 0.5) is 10.5 Å². The van der Waals surface area contributed by atoms with Crippen LogP contribution in [0.25, 0.3) is 0 Å². The van der Waals surface area contributed by atoms with Crippen LogP contribution < -0.4 is 5.32 Å². The Morgan fingerprint density at radius 1 is 1.33 bits per heavy atom. The van der Waals surface area contributed by atoms with Crippen molar-refractivity contribution in [2.45, 2.75) is 26.0 Å². The maximum absolute atomic E-state index is 12.4. The van der Waals surface area contributed by atoms with Crippen molar-refractivity contribution in [2.75, 3.05) is 24.7 Å². The number of benzene rings is 1. The molecule has 5 heteroatoms. The zero-order valence-corrected chi connectivity index (χ0v) is 13.8. The van der Waals surface area contributed by atoms with E-state index < -0.39 is 10.8 Å². The van der Waals surface area contributed by atoms with Gasteiger partial charge in [0.1, 0.15) is 0 Å². The van der Waals surface area contributed by atoms with Gasteiger partial charge in [-0.05, 0) is 29.9 Å². The van der Waals surface area contributed by atoms with Crippen LogP contribution in [-0.2, 0) is 16.6 Å². The molecule has 0 radical (unpaired) electrons. The molecule has 0 bridgehead atoms. The molecule has 0 aliphatic carbocycles. The second kappa shape index (κ2) is 7.07. The Bertz CT molecular complexity index is 533. The molecule has 4 nitrogen and oxygen atoms in total. The van der Waals surface area contributed by atoms with Crippen molar-refractivity contribution >= 4 is 22.5 Å². The van der Waals surface area contributed by atoms with Gasteiger partial charge in [0.15, 0.2) is 0 Å². The highest BCUT2D eigenvalue weighted by Crippen LogP contribution is 2.24. The molecule has 1 fully saturated rings. The SMILES string of the molecule is C[C@@H]1CCN(C(=O)Nc2ccccc2C[S@@](C)=O)C[C@H]1C. The molecule has 3 atom stereocenters. The monoisotopic (exact) mass is 308 g/mol. The summed E-state index contributed by atoms with van der Waals surface area (Å²) in [6.07, 6.45) is 2.72. The number of nitrogens with one attached hydrogen (secondary N) is 1. The average Bonchev–Trinajstić information content (AvgIpc) is 2.43. The predicted octanol–water partition coefficient (Wildman–Crippen LogP) is 3.07. The number of piperidine rings is 1. The smallest absolute Gasteiger partial charge is 0.321 e. The normalized spacial score (nSPS) is 23.7. The van der Waals surface area contributed by atoms with Gasteiger partial charge in [-0.2, -0.15) is 0 Å². The van der Waals surface area contributed by atoms with Crippen molar-refractivity contribution in [2.24, 2.45) is 11.8 Å². The predicted molar refractivity (Wildman–Crippen MR) is 87.7 cm³/mol. The van der Waals surface area contributed by atoms with E-state index >= 15 is 0 Å². The summed E-state index contributed by atoms with van der Waals surface area (Å²) in [5.74, 6) is 1.66. The van der Waals surface area contributed by atoms with Gasteiger partial charge >= 0.3 is 6.03 Å². The first-order chi connectivity index (χ1) is 9.97. The van der Waals surface area contributed by atoms with Gasteiger partial charge in [0.25, 0.3) is 0 Å². The standard InChI is InChI=1S/C16H24N2O2S/c1-12-8-9-18(10-13(12)2)16(19)17-15-7-5-4-6-14(15)11-21(3)20/h4-7,12-13H,8-11H2,1-3H3,(H,17,19)/t12-,13-,21-/m1/s1. The molecule has 21 heavy (non-hydrogen) atoms. The molecule has 1 aromatic rings. The maximum Gasteiger partial charge on any atom is 0.321 e. The van der Waals surface area contributed by atoms with Gasteiger partial charge in [0.2, 0.25) is 0 Å². The van der Waals surface area contributed by atoms with Crippen LogP contribution in [0, 0.1) is 11.8 Å². The average molecular weight is 308 g/mol. The number of nitrogens with zero attached hydrogens (tertiary/aromatic N) is 1. The van der Waals surface area contributed by atoms with E-state index in [4.69, 9.17) is 0 Å². The number of carbonyl (C=O) groups is 1. The Labute approximate surface area is 129 Å². The molecule has 1 saturated heterocycles. The highest BCUT2D eigenvalue weighted by Gasteiger charge is 2.26. The molecular formula is C16H24N2O2S. The third kappa shape index (κ3) is 4.30. The summed E-state index contributed by atoms with van der Waals surface area (Å²) in [6, 6.07) is 7.53. The lowest BCUT2D eigenvalue weighted by molar-refractivity contribution is 0.154. The summed E-state index contributed by atoms with van der Waals surface area (Å²) in [4.78, 5) is 14.3. The maximum atomic E-state index is 12.4. The Morgan fingerprint density at radius 2 is 2.05 bits per heavy atom. The van der Waals surface area contributed by atoms with Crippen molar-refractivity contribution in [1.82, 2.24) is 4.90 Å². The molecule has 2 amide bonds. The molecule has 0 aromatic heterocycles. The molecule has 0 unspecified atom stereocenters. The number of para-hydroxylation sites is 1. The lowest BCUT2D eigenvalue weighted by Gasteiger charge is -2.35. The third-order valence-corrected chi connectivity index (χ3v) is 4.96. The van der Waals surface area contributed by atoms with Gasteiger partial charge in [-0.3, -0.25) is 4.21 Å². The Morgan fingerprint density at radius 3 is 2.71 bits per heavy atom. The highest BCUT2D eigenvalue weighted by molar-refractivity contribution is 7.83. The minimum absolute atomic E-state index is 0.0527. The van der Waals surface area contributed by atoms with Crippen LogP contribution in [0.3, 0.4) is 0 Å². The van der Waals surface area contributed by atoms with E-state index in [2.05, 4.69) is 19.2 Å². The topological polar surface area (TPSA) is 49.4 Å². The minimum atomic E-state index is -0.922. The van der Waals surface area contributed by atoms with Crippen molar-refractivity contribution in [1.29, 1.82) is 0 Å². The van der Waals surface area contributed by atoms with Crippen LogP contribution >= 0.6 is 0 Å². The second-order valence-corrected chi connectivity index (χ2v) is 7.43. The lowest BCUT2D eigenvalue weighted by atomic mass is 9.89. The first kappa shape index (κ1) is 16.0. The largest absolute Gasteiger partial charge is 0.324 e. The van der Waals surface area contributed by atoms with E-state index in [1.165, 1.54) is 0 Å². The van der Waals surface area contributed by atoms with E-state index in [0.29, 0.717) is 17.6 Å². The van der Waals surface area contributed by atoms with Gasteiger partial charge in [-0.15, -0.1) is 0 Å². The molecule has 0 spiro atoms. The number of anilines is 1. The van der Waals surface area contributed by atoms with Crippen molar-refractivity contribution in [3.8, 4) is 0 Å². The van der Waals surface area contributed by atoms with E-state index in [0.717, 1.165) is 30.8 Å². The van der Waals surface area contributed by atoms with Gasteiger partial charge in [0.05, 0.1) is 5.75 Å². The van der Waals surface area contributed by atoms with Crippen LogP contribution in [0.5, 0.6) is 0 Å². The fourth-order valence-electron chi connectivity index (χ4n) is 2.63. The lowest BCUT2D eigenvalue weighted by Crippen LogP contribution is -2.44. The van der Waals surface area contributed by atoms with Crippen molar-refractivity contribution in [3.05, 3.63) is 29.8 Å². The van der Waals surface area contributed by atoms with E-state index in [1.807, 2.05) is 29.2 Å². The molecule has 1 aromatic carbocycles. The number of carbonyl (C=O) groups excluding carboxylic acids is 1. The third-order valence-electron chi connectivity index (χ3n) is 4.24. The van der Waals surface area contributed by atoms with Crippen LogP contribution in [0.15, 0.2) is 24.3 Å². The Hall–Kier alpha value is -1.36. The van der Waals surface area contributed by atoms with E-state index in [-0.39, 0.29) is 6.03 Å². The van der Waals surface area contributed by atoms with Gasteiger partial charge in [0, 0.05) is 35.8 Å². The molecule has 1 N–H and O–H groups in total. The highest BCUT2D eigenvalue weighted by atomic mass is 32.2. The Balaban J connectivity index is 2.04. The molecule has 2 rings (SSSR count). The summed E-state index contributed by atoms with van der Waals surface area (Å²) in [6.45, 7) is 6.04. The van der Waals surface area contributed by atoms with Crippen LogP contribution in [0.2, 0.25) is 0 Å². The number of hydrogen-bond donors (Lipinski definition) is 1. The van der Waals surface area contributed by atoms with E-state index in [1.54, 1.807) is 6.26 Å². The quantitative estimate of drug-likeness (QED) is 0.933. The zero-order valence-electron chi connectivity index (χ0n) is 13.0. The molecular weight excluding hydrogens is 284 g/mol. The van der Waals surface area contributed by atoms with E-state index in [9.17, 15) is 9.00 Å². The summed E-state index contributed by atoms with van der Waals surface area (Å²) >= 11 is 0. The fraction of sp³-hybridized carbons (Fsp3) is 0.562. The molecule has 1 aliphatic heterocycles. The van der Waals surface area contributed by atoms with Crippen LogP contribution in [-0.4, -0.2) is 34.5 Å². The molecule has 1 heterocycles. The first-order valence-corrected chi connectivity index (χ1v) is 9.14. The Kier molecular flexibility index (Phi) is 5.39. The number of urea groups is 1. The molecule has 0 saturated carbocycles. The van der Waals surface area contributed by atoms with Crippen molar-refractivity contribution in [3.63, 3.8) is 0 Å². The van der Waals surface area contributed by atoms with Gasteiger partial charge in [-0.1, -0.05) is 32.0 Å². The summed E-state index contributed by atoms with van der Waals surface area (Å²) in [5, 5.41) is 2.97.